The number of anilines is 2. The van der Waals surface area contributed by atoms with Crippen LogP contribution in [-0.4, -0.2) is 6.54 Å². The average Bonchev–Trinajstić information content (AvgIpc) is 2.59. The monoisotopic (exact) mass is 248 g/mol. The summed E-state index contributed by atoms with van der Waals surface area (Å²) in [5.74, 6) is 0. The number of fused-ring (bicyclic) bond motifs is 2. The molecule has 0 saturated carbocycles. The Balaban J connectivity index is 2.21. The van der Waals surface area contributed by atoms with Crippen molar-refractivity contribution < 1.29 is 0 Å². The summed E-state index contributed by atoms with van der Waals surface area (Å²) in [6.07, 6.45) is 2.08. The van der Waals surface area contributed by atoms with Gasteiger partial charge in [0.15, 0.2) is 0 Å². The van der Waals surface area contributed by atoms with Crippen LogP contribution in [0.2, 0.25) is 0 Å². The van der Waals surface area contributed by atoms with Crippen LogP contribution in [-0.2, 0) is 12.8 Å². The van der Waals surface area contributed by atoms with Gasteiger partial charge in [-0.25, -0.2) is 0 Å². The molecule has 0 aliphatic carbocycles. The maximum Gasteiger partial charge on any atom is 0.110 e. The fourth-order valence-electron chi connectivity index (χ4n) is 2.88. The lowest BCUT2D eigenvalue weighted by Gasteiger charge is -2.24. The van der Waals surface area contributed by atoms with Crippen molar-refractivity contribution in [2.75, 3.05) is 11.4 Å². The van der Waals surface area contributed by atoms with Gasteiger partial charge in [0.1, 0.15) is 6.54 Å². The van der Waals surface area contributed by atoms with Crippen LogP contribution in [0.5, 0.6) is 0 Å². The van der Waals surface area contributed by atoms with Crippen molar-refractivity contribution >= 4 is 11.4 Å². The van der Waals surface area contributed by atoms with Crippen molar-refractivity contribution in [3.63, 3.8) is 0 Å². The van der Waals surface area contributed by atoms with Crippen molar-refractivity contribution in [3.05, 3.63) is 59.2 Å². The van der Waals surface area contributed by atoms with Crippen LogP contribution in [0, 0.1) is 18.3 Å². The Labute approximate surface area is 113 Å². The molecule has 0 amide bonds. The smallest absolute Gasteiger partial charge is 0.110 e. The Bertz CT molecular complexity index is 653. The van der Waals surface area contributed by atoms with Gasteiger partial charge in [0, 0.05) is 11.4 Å². The lowest BCUT2D eigenvalue weighted by Crippen LogP contribution is -2.18. The van der Waals surface area contributed by atoms with Crippen molar-refractivity contribution in [1.29, 1.82) is 5.26 Å². The molecule has 2 heteroatoms. The van der Waals surface area contributed by atoms with Gasteiger partial charge in [0.2, 0.25) is 0 Å². The highest BCUT2D eigenvalue weighted by Crippen LogP contribution is 2.36. The Hall–Kier alpha value is -2.27. The summed E-state index contributed by atoms with van der Waals surface area (Å²) in [6, 6.07) is 17.1. The average molecular weight is 248 g/mol. The number of aryl methyl sites for hydroxylation is 2. The van der Waals surface area contributed by atoms with E-state index in [-0.39, 0.29) is 0 Å². The van der Waals surface area contributed by atoms with E-state index < -0.39 is 0 Å². The van der Waals surface area contributed by atoms with Gasteiger partial charge in [-0.05, 0) is 48.6 Å². The lowest BCUT2D eigenvalue weighted by atomic mass is 10.0. The molecule has 2 aromatic rings. The Kier molecular flexibility index (Phi) is 2.97. The number of hydrogen-bond donors (Lipinski definition) is 0. The molecular formula is C17H16N2. The molecule has 19 heavy (non-hydrogen) atoms. The van der Waals surface area contributed by atoms with Gasteiger partial charge in [-0.1, -0.05) is 30.3 Å². The van der Waals surface area contributed by atoms with Gasteiger partial charge in [0.25, 0.3) is 0 Å². The SMILES string of the molecule is Cc1cccc2c1CCc1ccccc1N2CC#N. The van der Waals surface area contributed by atoms with E-state index in [9.17, 15) is 0 Å². The molecule has 0 atom stereocenters. The molecule has 0 fully saturated rings. The summed E-state index contributed by atoms with van der Waals surface area (Å²) < 4.78 is 0. The molecule has 3 rings (SSSR count). The maximum atomic E-state index is 9.14. The molecule has 1 aliphatic rings. The minimum atomic E-state index is 0.396. The summed E-state index contributed by atoms with van der Waals surface area (Å²) in [5, 5.41) is 9.14. The van der Waals surface area contributed by atoms with Crippen molar-refractivity contribution in [3.8, 4) is 6.07 Å². The van der Waals surface area contributed by atoms with Crippen LogP contribution in [0.25, 0.3) is 0 Å². The third-order valence-corrected chi connectivity index (χ3v) is 3.83. The largest absolute Gasteiger partial charge is 0.327 e. The van der Waals surface area contributed by atoms with Crippen LogP contribution in [0.3, 0.4) is 0 Å². The molecule has 0 aromatic heterocycles. The number of rotatable bonds is 1. The van der Waals surface area contributed by atoms with Gasteiger partial charge in [-0.3, -0.25) is 0 Å². The van der Waals surface area contributed by atoms with E-state index in [0.29, 0.717) is 6.54 Å². The normalized spacial score (nSPS) is 13.2. The summed E-state index contributed by atoms with van der Waals surface area (Å²) in [6.45, 7) is 2.55. The molecule has 2 nitrogen and oxygen atoms in total. The molecule has 94 valence electrons. The summed E-state index contributed by atoms with van der Waals surface area (Å²) in [4.78, 5) is 2.14. The van der Waals surface area contributed by atoms with Crippen LogP contribution in [0.4, 0.5) is 11.4 Å². The second kappa shape index (κ2) is 4.78. The lowest BCUT2D eigenvalue weighted by molar-refractivity contribution is 0.966. The topological polar surface area (TPSA) is 27.0 Å². The van der Waals surface area contributed by atoms with Crippen LogP contribution in [0.1, 0.15) is 16.7 Å². The first-order valence-electron chi connectivity index (χ1n) is 6.62. The predicted molar refractivity (Wildman–Crippen MR) is 77.6 cm³/mol. The van der Waals surface area contributed by atoms with Gasteiger partial charge in [-0.2, -0.15) is 5.26 Å². The number of hydrogen-bond acceptors (Lipinski definition) is 2. The van der Waals surface area contributed by atoms with Crippen molar-refractivity contribution in [1.82, 2.24) is 0 Å². The summed E-state index contributed by atoms with van der Waals surface area (Å²) in [7, 11) is 0. The van der Waals surface area contributed by atoms with E-state index in [0.717, 1.165) is 12.8 Å². The molecule has 0 spiro atoms. The highest BCUT2D eigenvalue weighted by atomic mass is 15.1. The van der Waals surface area contributed by atoms with E-state index in [1.54, 1.807) is 0 Å². The van der Waals surface area contributed by atoms with Gasteiger partial charge >= 0.3 is 0 Å². The molecule has 0 N–H and O–H groups in total. The van der Waals surface area contributed by atoms with E-state index in [4.69, 9.17) is 5.26 Å². The van der Waals surface area contributed by atoms with Crippen LogP contribution in [0.15, 0.2) is 42.5 Å². The van der Waals surface area contributed by atoms with Gasteiger partial charge in [-0.15, -0.1) is 0 Å². The Morgan fingerprint density at radius 3 is 2.68 bits per heavy atom. The summed E-state index contributed by atoms with van der Waals surface area (Å²) >= 11 is 0. The molecule has 2 aromatic carbocycles. The molecule has 0 unspecified atom stereocenters. The number of para-hydroxylation sites is 1. The Morgan fingerprint density at radius 2 is 1.84 bits per heavy atom. The number of nitrogens with zero attached hydrogens (tertiary/aromatic N) is 2. The minimum Gasteiger partial charge on any atom is -0.327 e. The standard InChI is InChI=1S/C17H16N2/c1-13-5-4-8-17-15(13)10-9-14-6-2-3-7-16(14)19(17)12-11-18/h2-8H,9-10,12H2,1H3. The zero-order valence-electron chi connectivity index (χ0n) is 11.1. The fraction of sp³-hybridized carbons (Fsp3) is 0.235. The first-order valence-corrected chi connectivity index (χ1v) is 6.62. The van der Waals surface area contributed by atoms with Crippen LogP contribution < -0.4 is 4.90 Å². The number of nitriles is 1. The predicted octanol–water partition coefficient (Wildman–Crippen LogP) is 3.76. The third-order valence-electron chi connectivity index (χ3n) is 3.83. The highest BCUT2D eigenvalue weighted by Gasteiger charge is 2.20. The molecular weight excluding hydrogens is 232 g/mol. The summed E-state index contributed by atoms with van der Waals surface area (Å²) in [5.41, 5.74) is 6.37. The third kappa shape index (κ3) is 1.98. The van der Waals surface area contributed by atoms with E-state index in [1.165, 1.54) is 28.1 Å². The molecule has 0 radical (unpaired) electrons. The zero-order chi connectivity index (χ0) is 13.2. The number of benzene rings is 2. The molecule has 0 bridgehead atoms. The molecule has 1 heterocycles. The van der Waals surface area contributed by atoms with Gasteiger partial charge in [0.05, 0.1) is 6.07 Å². The van der Waals surface area contributed by atoms with E-state index in [2.05, 4.69) is 54.3 Å². The van der Waals surface area contributed by atoms with Crippen molar-refractivity contribution in [2.24, 2.45) is 0 Å². The first kappa shape index (κ1) is 11.8. The first-order chi connectivity index (χ1) is 9.31. The van der Waals surface area contributed by atoms with Gasteiger partial charge < -0.3 is 4.90 Å². The molecule has 1 aliphatic heterocycles. The minimum absolute atomic E-state index is 0.396. The van der Waals surface area contributed by atoms with Crippen LogP contribution >= 0.6 is 0 Å². The second-order valence-corrected chi connectivity index (χ2v) is 4.95. The maximum absolute atomic E-state index is 9.14. The second-order valence-electron chi connectivity index (χ2n) is 4.95. The highest BCUT2D eigenvalue weighted by molar-refractivity contribution is 5.72. The van der Waals surface area contributed by atoms with E-state index >= 15 is 0 Å². The molecule has 0 saturated heterocycles. The van der Waals surface area contributed by atoms with E-state index in [1.807, 2.05) is 6.07 Å². The van der Waals surface area contributed by atoms with Crippen molar-refractivity contribution in [2.45, 2.75) is 19.8 Å². The zero-order valence-corrected chi connectivity index (χ0v) is 11.1. The quantitative estimate of drug-likeness (QED) is 0.718. The Morgan fingerprint density at radius 1 is 1.05 bits per heavy atom. The fourth-order valence-corrected chi connectivity index (χ4v) is 2.88.